The second-order valence-corrected chi connectivity index (χ2v) is 3.82. The van der Waals surface area contributed by atoms with E-state index in [9.17, 15) is 5.11 Å². The Hall–Kier alpha value is -2.05. The van der Waals surface area contributed by atoms with E-state index in [1.165, 1.54) is 0 Å². The Morgan fingerprint density at radius 2 is 2.29 bits per heavy atom. The van der Waals surface area contributed by atoms with Crippen molar-refractivity contribution in [3.05, 3.63) is 36.0 Å². The molecule has 86 valence electrons. The van der Waals surface area contributed by atoms with Crippen LogP contribution >= 0.6 is 0 Å². The highest BCUT2D eigenvalue weighted by Crippen LogP contribution is 2.30. The van der Waals surface area contributed by atoms with E-state index in [4.69, 9.17) is 6.42 Å². The minimum Gasteiger partial charge on any atom is -0.506 e. The molecular formula is C14H14N2O. The van der Waals surface area contributed by atoms with Crippen molar-refractivity contribution in [3.63, 3.8) is 0 Å². The van der Waals surface area contributed by atoms with Crippen molar-refractivity contribution in [2.45, 2.75) is 12.5 Å². The molecule has 0 bridgehead atoms. The number of phenolic OH excluding ortho intramolecular Hbond substituents is 1. The summed E-state index contributed by atoms with van der Waals surface area (Å²) in [6.45, 7) is 0. The number of fused-ring (bicyclic) bond motifs is 1. The number of aromatic hydroxyl groups is 1. The zero-order valence-electron chi connectivity index (χ0n) is 9.64. The van der Waals surface area contributed by atoms with Crippen molar-refractivity contribution >= 4 is 10.9 Å². The highest BCUT2D eigenvalue weighted by molar-refractivity contribution is 5.87. The summed E-state index contributed by atoms with van der Waals surface area (Å²) in [5, 5.41) is 13.9. The van der Waals surface area contributed by atoms with E-state index in [0.717, 1.165) is 10.9 Å². The van der Waals surface area contributed by atoms with E-state index in [0.29, 0.717) is 11.9 Å². The average molecular weight is 226 g/mol. The summed E-state index contributed by atoms with van der Waals surface area (Å²) < 4.78 is 0. The smallest absolute Gasteiger partial charge is 0.141 e. The topological polar surface area (TPSA) is 45.1 Å². The van der Waals surface area contributed by atoms with Crippen LogP contribution in [0.4, 0.5) is 0 Å². The van der Waals surface area contributed by atoms with Gasteiger partial charge in [-0.2, -0.15) is 0 Å². The van der Waals surface area contributed by atoms with Crippen molar-refractivity contribution < 1.29 is 5.11 Å². The lowest BCUT2D eigenvalue weighted by Gasteiger charge is -2.16. The Balaban J connectivity index is 2.62. The molecule has 2 aromatic rings. The first-order valence-corrected chi connectivity index (χ1v) is 5.45. The van der Waals surface area contributed by atoms with E-state index in [2.05, 4.69) is 16.2 Å². The summed E-state index contributed by atoms with van der Waals surface area (Å²) in [4.78, 5) is 4.19. The molecule has 3 heteroatoms. The SMILES string of the molecule is C#CCC(NC)c1ccc(O)c2ncccc12. The van der Waals surface area contributed by atoms with Gasteiger partial charge in [0.15, 0.2) is 0 Å². The van der Waals surface area contributed by atoms with Gasteiger partial charge in [-0.05, 0) is 24.7 Å². The molecule has 3 nitrogen and oxygen atoms in total. The fraction of sp³-hybridized carbons (Fsp3) is 0.214. The molecule has 1 atom stereocenters. The number of nitrogens with zero attached hydrogens (tertiary/aromatic N) is 1. The van der Waals surface area contributed by atoms with Crippen LogP contribution in [0.5, 0.6) is 5.75 Å². The lowest BCUT2D eigenvalue weighted by molar-refractivity contribution is 0.480. The predicted octanol–water partition coefficient (Wildman–Crippen LogP) is 2.22. The maximum Gasteiger partial charge on any atom is 0.141 e. The van der Waals surface area contributed by atoms with Crippen molar-refractivity contribution in [1.29, 1.82) is 0 Å². The maximum absolute atomic E-state index is 9.76. The van der Waals surface area contributed by atoms with Gasteiger partial charge in [-0.1, -0.05) is 12.1 Å². The third kappa shape index (κ3) is 2.08. The molecule has 0 spiro atoms. The number of hydrogen-bond acceptors (Lipinski definition) is 3. The van der Waals surface area contributed by atoms with Gasteiger partial charge in [0.25, 0.3) is 0 Å². The van der Waals surface area contributed by atoms with Gasteiger partial charge in [-0.25, -0.2) is 0 Å². The predicted molar refractivity (Wildman–Crippen MR) is 68.7 cm³/mol. The zero-order valence-corrected chi connectivity index (χ0v) is 9.64. The molecule has 0 saturated heterocycles. The Labute approximate surface area is 101 Å². The second-order valence-electron chi connectivity index (χ2n) is 3.82. The van der Waals surface area contributed by atoms with Crippen molar-refractivity contribution in [2.24, 2.45) is 0 Å². The molecule has 1 unspecified atom stereocenters. The first kappa shape index (κ1) is 11.4. The maximum atomic E-state index is 9.76. The van der Waals surface area contributed by atoms with Gasteiger partial charge < -0.3 is 10.4 Å². The molecule has 0 aliphatic carbocycles. The van der Waals surface area contributed by atoms with Crippen molar-refractivity contribution in [2.75, 3.05) is 7.05 Å². The fourth-order valence-electron chi connectivity index (χ4n) is 1.97. The van der Waals surface area contributed by atoms with Gasteiger partial charge in [-0.15, -0.1) is 12.3 Å². The van der Waals surface area contributed by atoms with Crippen LogP contribution in [0.1, 0.15) is 18.0 Å². The lowest BCUT2D eigenvalue weighted by atomic mass is 9.99. The summed E-state index contributed by atoms with van der Waals surface area (Å²) in [7, 11) is 1.87. The van der Waals surface area contributed by atoms with E-state index in [-0.39, 0.29) is 11.8 Å². The summed E-state index contributed by atoms with van der Waals surface area (Å²) in [5.41, 5.74) is 1.67. The molecule has 2 rings (SSSR count). The summed E-state index contributed by atoms with van der Waals surface area (Å²) in [5.74, 6) is 2.85. The van der Waals surface area contributed by atoms with Crippen LogP contribution in [0, 0.1) is 12.3 Å². The molecule has 1 aromatic heterocycles. The van der Waals surface area contributed by atoms with Gasteiger partial charge in [0.05, 0.1) is 0 Å². The molecule has 0 saturated carbocycles. The summed E-state index contributed by atoms with van der Waals surface area (Å²) in [6, 6.07) is 7.42. The first-order valence-electron chi connectivity index (χ1n) is 5.45. The number of terminal acetylenes is 1. The normalized spacial score (nSPS) is 12.2. The number of pyridine rings is 1. The Bertz CT molecular complexity index is 572. The van der Waals surface area contributed by atoms with Crippen LogP contribution in [-0.2, 0) is 0 Å². The van der Waals surface area contributed by atoms with Gasteiger partial charge in [0.1, 0.15) is 11.3 Å². The number of rotatable bonds is 3. The highest BCUT2D eigenvalue weighted by Gasteiger charge is 2.13. The monoisotopic (exact) mass is 226 g/mol. The summed E-state index contributed by atoms with van der Waals surface area (Å²) in [6.07, 6.45) is 7.63. The number of aromatic nitrogens is 1. The number of nitrogens with one attached hydrogen (secondary N) is 1. The number of benzene rings is 1. The van der Waals surface area contributed by atoms with Crippen molar-refractivity contribution in [3.8, 4) is 18.1 Å². The van der Waals surface area contributed by atoms with Gasteiger partial charge in [-0.3, -0.25) is 4.98 Å². The standard InChI is InChI=1S/C14H14N2O/c1-3-5-12(15-2)10-7-8-13(17)14-11(10)6-4-9-16-14/h1,4,6-9,12,15,17H,5H2,2H3. The van der Waals surface area contributed by atoms with Crippen LogP contribution in [0.25, 0.3) is 10.9 Å². The molecule has 1 heterocycles. The van der Waals surface area contributed by atoms with Crippen LogP contribution in [0.3, 0.4) is 0 Å². The fourth-order valence-corrected chi connectivity index (χ4v) is 1.97. The molecule has 0 radical (unpaired) electrons. The second kappa shape index (κ2) is 4.86. The molecule has 1 aromatic carbocycles. The molecule has 0 fully saturated rings. The molecule has 17 heavy (non-hydrogen) atoms. The molecule has 0 aliphatic heterocycles. The van der Waals surface area contributed by atoms with Crippen LogP contribution < -0.4 is 5.32 Å². The van der Waals surface area contributed by atoms with Crippen LogP contribution in [0.15, 0.2) is 30.5 Å². The van der Waals surface area contributed by atoms with E-state index in [1.807, 2.05) is 25.2 Å². The number of hydrogen-bond donors (Lipinski definition) is 2. The van der Waals surface area contributed by atoms with Crippen LogP contribution in [-0.4, -0.2) is 17.1 Å². The quantitative estimate of drug-likeness (QED) is 0.789. The third-order valence-corrected chi connectivity index (χ3v) is 2.83. The Kier molecular flexibility index (Phi) is 3.27. The van der Waals surface area contributed by atoms with E-state index in [1.54, 1.807) is 12.3 Å². The largest absolute Gasteiger partial charge is 0.506 e. The first-order chi connectivity index (χ1) is 8.27. The minimum atomic E-state index is 0.0762. The Morgan fingerprint density at radius 3 is 3.00 bits per heavy atom. The Morgan fingerprint density at radius 1 is 1.47 bits per heavy atom. The van der Waals surface area contributed by atoms with Gasteiger partial charge in [0.2, 0.25) is 0 Å². The minimum absolute atomic E-state index is 0.0762. The van der Waals surface area contributed by atoms with Gasteiger partial charge >= 0.3 is 0 Å². The summed E-state index contributed by atoms with van der Waals surface area (Å²) >= 11 is 0. The molecular weight excluding hydrogens is 212 g/mol. The van der Waals surface area contributed by atoms with Crippen LogP contribution in [0.2, 0.25) is 0 Å². The molecule has 0 aliphatic rings. The van der Waals surface area contributed by atoms with Gasteiger partial charge in [0, 0.05) is 24.0 Å². The van der Waals surface area contributed by atoms with E-state index >= 15 is 0 Å². The average Bonchev–Trinajstić information content (AvgIpc) is 2.37. The third-order valence-electron chi connectivity index (χ3n) is 2.83. The number of phenols is 1. The van der Waals surface area contributed by atoms with E-state index < -0.39 is 0 Å². The van der Waals surface area contributed by atoms with Crippen molar-refractivity contribution in [1.82, 2.24) is 10.3 Å². The highest BCUT2D eigenvalue weighted by atomic mass is 16.3. The zero-order chi connectivity index (χ0) is 12.3. The molecule has 2 N–H and O–H groups in total. The lowest BCUT2D eigenvalue weighted by Crippen LogP contribution is -2.16. The molecule has 0 amide bonds.